The van der Waals surface area contributed by atoms with E-state index in [1.54, 1.807) is 0 Å². The number of hydrogen-bond donors (Lipinski definition) is 3. The molecule has 4 nitrogen and oxygen atoms in total. The molecule has 2 unspecified atom stereocenters. The van der Waals surface area contributed by atoms with E-state index in [1.807, 2.05) is 31.2 Å². The highest BCUT2D eigenvalue weighted by Crippen LogP contribution is 2.16. The van der Waals surface area contributed by atoms with Crippen molar-refractivity contribution in [2.75, 3.05) is 6.54 Å². The second kappa shape index (κ2) is 5.63. The standard InChI is InChI=1S/C12H17NO3/c1-8-5-3-4-6-10(8)11(15)7-13-12(16)9(2)14/h3-6,9,11,14-15H,7H2,1-2H3,(H,13,16). The van der Waals surface area contributed by atoms with E-state index < -0.39 is 18.1 Å². The number of amides is 1. The molecule has 0 fully saturated rings. The molecule has 0 aliphatic rings. The van der Waals surface area contributed by atoms with Crippen LogP contribution in [0.2, 0.25) is 0 Å². The number of benzene rings is 1. The largest absolute Gasteiger partial charge is 0.387 e. The zero-order valence-corrected chi connectivity index (χ0v) is 9.47. The van der Waals surface area contributed by atoms with Gasteiger partial charge in [0, 0.05) is 6.54 Å². The summed E-state index contributed by atoms with van der Waals surface area (Å²) < 4.78 is 0. The number of aliphatic hydroxyl groups is 2. The molecular formula is C12H17NO3. The summed E-state index contributed by atoms with van der Waals surface area (Å²) in [5.74, 6) is -0.479. The molecule has 1 aromatic rings. The Labute approximate surface area is 94.9 Å². The number of carbonyl (C=O) groups excluding carboxylic acids is 1. The Balaban J connectivity index is 2.56. The van der Waals surface area contributed by atoms with Crippen molar-refractivity contribution < 1.29 is 15.0 Å². The van der Waals surface area contributed by atoms with Crippen LogP contribution in [0.5, 0.6) is 0 Å². The van der Waals surface area contributed by atoms with Gasteiger partial charge in [-0.1, -0.05) is 24.3 Å². The molecule has 0 aromatic heterocycles. The molecule has 0 bridgehead atoms. The van der Waals surface area contributed by atoms with Crippen LogP contribution in [0, 0.1) is 6.92 Å². The van der Waals surface area contributed by atoms with Gasteiger partial charge in [0.05, 0.1) is 6.10 Å². The molecule has 2 atom stereocenters. The minimum atomic E-state index is -1.05. The normalized spacial score (nSPS) is 14.2. The van der Waals surface area contributed by atoms with Crippen molar-refractivity contribution in [2.24, 2.45) is 0 Å². The predicted molar refractivity (Wildman–Crippen MR) is 60.8 cm³/mol. The summed E-state index contributed by atoms with van der Waals surface area (Å²) in [5.41, 5.74) is 1.76. The third-order valence-electron chi connectivity index (χ3n) is 2.40. The average Bonchev–Trinajstić information content (AvgIpc) is 2.25. The van der Waals surface area contributed by atoms with Crippen LogP contribution in [-0.4, -0.2) is 28.8 Å². The van der Waals surface area contributed by atoms with Gasteiger partial charge in [0.25, 0.3) is 0 Å². The van der Waals surface area contributed by atoms with E-state index in [1.165, 1.54) is 6.92 Å². The lowest BCUT2D eigenvalue weighted by Crippen LogP contribution is -2.35. The van der Waals surface area contributed by atoms with Crippen LogP contribution in [0.1, 0.15) is 24.2 Å². The molecule has 1 amide bonds. The Bertz CT molecular complexity index is 363. The van der Waals surface area contributed by atoms with Crippen LogP contribution in [0.3, 0.4) is 0 Å². The highest BCUT2D eigenvalue weighted by molar-refractivity contribution is 5.79. The number of aryl methyl sites for hydroxylation is 1. The zero-order valence-electron chi connectivity index (χ0n) is 9.47. The molecule has 3 N–H and O–H groups in total. The van der Waals surface area contributed by atoms with E-state index >= 15 is 0 Å². The lowest BCUT2D eigenvalue weighted by molar-refractivity contribution is -0.128. The van der Waals surface area contributed by atoms with Gasteiger partial charge < -0.3 is 15.5 Å². The van der Waals surface area contributed by atoms with Gasteiger partial charge in [-0.25, -0.2) is 0 Å². The minimum Gasteiger partial charge on any atom is -0.387 e. The number of aliphatic hydroxyl groups excluding tert-OH is 2. The molecule has 0 radical (unpaired) electrons. The van der Waals surface area contributed by atoms with Gasteiger partial charge >= 0.3 is 0 Å². The maximum atomic E-state index is 11.1. The molecule has 0 saturated carbocycles. The summed E-state index contributed by atoms with van der Waals surface area (Å²) in [6.45, 7) is 3.39. The van der Waals surface area contributed by atoms with Crippen LogP contribution in [0.25, 0.3) is 0 Å². The van der Waals surface area contributed by atoms with Gasteiger partial charge in [-0.05, 0) is 25.0 Å². The third kappa shape index (κ3) is 3.32. The molecule has 16 heavy (non-hydrogen) atoms. The summed E-state index contributed by atoms with van der Waals surface area (Å²) in [4.78, 5) is 11.1. The lowest BCUT2D eigenvalue weighted by atomic mass is 10.0. The van der Waals surface area contributed by atoms with Crippen molar-refractivity contribution in [1.82, 2.24) is 5.32 Å². The predicted octanol–water partition coefficient (Wildman–Crippen LogP) is 0.525. The summed E-state index contributed by atoms with van der Waals surface area (Å²) in [6, 6.07) is 7.44. The van der Waals surface area contributed by atoms with Crippen molar-refractivity contribution in [3.05, 3.63) is 35.4 Å². The number of nitrogens with one attached hydrogen (secondary N) is 1. The minimum absolute atomic E-state index is 0.106. The van der Waals surface area contributed by atoms with Crippen molar-refractivity contribution in [2.45, 2.75) is 26.1 Å². The van der Waals surface area contributed by atoms with E-state index in [2.05, 4.69) is 5.32 Å². The van der Waals surface area contributed by atoms with Gasteiger partial charge in [-0.3, -0.25) is 4.79 Å². The highest BCUT2D eigenvalue weighted by Gasteiger charge is 2.13. The maximum absolute atomic E-state index is 11.1. The number of rotatable bonds is 4. The first-order valence-electron chi connectivity index (χ1n) is 5.21. The van der Waals surface area contributed by atoms with Crippen LogP contribution >= 0.6 is 0 Å². The Morgan fingerprint density at radius 1 is 1.38 bits per heavy atom. The molecule has 1 aromatic carbocycles. The quantitative estimate of drug-likeness (QED) is 0.697. The van der Waals surface area contributed by atoms with Crippen molar-refractivity contribution in [1.29, 1.82) is 0 Å². The molecule has 0 heterocycles. The molecule has 0 spiro atoms. The van der Waals surface area contributed by atoms with E-state index in [4.69, 9.17) is 5.11 Å². The van der Waals surface area contributed by atoms with E-state index in [0.29, 0.717) is 0 Å². The summed E-state index contributed by atoms with van der Waals surface area (Å²) in [6.07, 6.45) is -1.80. The average molecular weight is 223 g/mol. The van der Waals surface area contributed by atoms with Gasteiger partial charge in [-0.15, -0.1) is 0 Å². The molecule has 1 rings (SSSR count). The summed E-state index contributed by atoms with van der Waals surface area (Å²) in [7, 11) is 0. The Morgan fingerprint density at radius 3 is 2.56 bits per heavy atom. The molecule has 0 saturated heterocycles. The second-order valence-corrected chi connectivity index (χ2v) is 3.79. The topological polar surface area (TPSA) is 69.6 Å². The van der Waals surface area contributed by atoms with Crippen LogP contribution in [0.15, 0.2) is 24.3 Å². The van der Waals surface area contributed by atoms with Gasteiger partial charge in [0.2, 0.25) is 5.91 Å². The molecular weight excluding hydrogens is 206 g/mol. The van der Waals surface area contributed by atoms with Crippen LogP contribution in [0.4, 0.5) is 0 Å². The Morgan fingerprint density at radius 2 is 2.00 bits per heavy atom. The van der Waals surface area contributed by atoms with Crippen molar-refractivity contribution in [3.63, 3.8) is 0 Å². The fourth-order valence-corrected chi connectivity index (χ4v) is 1.42. The Kier molecular flexibility index (Phi) is 4.46. The fourth-order valence-electron chi connectivity index (χ4n) is 1.42. The van der Waals surface area contributed by atoms with Crippen molar-refractivity contribution >= 4 is 5.91 Å². The first kappa shape index (κ1) is 12.7. The summed E-state index contributed by atoms with van der Waals surface area (Å²) >= 11 is 0. The van der Waals surface area contributed by atoms with Gasteiger partial charge in [-0.2, -0.15) is 0 Å². The monoisotopic (exact) mass is 223 g/mol. The molecule has 0 aliphatic heterocycles. The molecule has 0 aliphatic carbocycles. The number of carbonyl (C=O) groups is 1. The van der Waals surface area contributed by atoms with Crippen molar-refractivity contribution in [3.8, 4) is 0 Å². The van der Waals surface area contributed by atoms with Gasteiger partial charge in [0.1, 0.15) is 6.10 Å². The first-order chi connectivity index (χ1) is 7.52. The third-order valence-corrected chi connectivity index (χ3v) is 2.40. The van der Waals surface area contributed by atoms with Crippen LogP contribution in [-0.2, 0) is 4.79 Å². The molecule has 4 heteroatoms. The number of hydrogen-bond acceptors (Lipinski definition) is 3. The van der Waals surface area contributed by atoms with E-state index in [9.17, 15) is 9.90 Å². The zero-order chi connectivity index (χ0) is 12.1. The highest BCUT2D eigenvalue weighted by atomic mass is 16.3. The lowest BCUT2D eigenvalue weighted by Gasteiger charge is -2.15. The van der Waals surface area contributed by atoms with E-state index in [-0.39, 0.29) is 6.54 Å². The summed E-state index contributed by atoms with van der Waals surface area (Å²) in [5, 5.41) is 21.3. The van der Waals surface area contributed by atoms with Crippen LogP contribution < -0.4 is 5.32 Å². The fraction of sp³-hybridized carbons (Fsp3) is 0.417. The Hall–Kier alpha value is -1.39. The first-order valence-corrected chi connectivity index (χ1v) is 5.21. The molecule has 88 valence electrons. The smallest absolute Gasteiger partial charge is 0.248 e. The maximum Gasteiger partial charge on any atom is 0.248 e. The van der Waals surface area contributed by atoms with Gasteiger partial charge in [0.15, 0.2) is 0 Å². The van der Waals surface area contributed by atoms with E-state index in [0.717, 1.165) is 11.1 Å². The SMILES string of the molecule is Cc1ccccc1C(O)CNC(=O)C(C)O. The second-order valence-electron chi connectivity index (χ2n) is 3.79.